The topological polar surface area (TPSA) is 77.4 Å². The third-order valence-electron chi connectivity index (χ3n) is 11.4. The van der Waals surface area contributed by atoms with E-state index >= 15 is 0 Å². The van der Waals surface area contributed by atoms with Gasteiger partial charge >= 0.3 is 0 Å². The maximum atomic E-state index is 9.46. The van der Waals surface area contributed by atoms with E-state index in [4.69, 9.17) is 24.1 Å². The van der Waals surface area contributed by atoms with Crippen LogP contribution in [0.2, 0.25) is 0 Å². The molecule has 0 aromatic rings. The first-order valence-corrected chi connectivity index (χ1v) is 18.1. The summed E-state index contributed by atoms with van der Waals surface area (Å²) in [5.41, 5.74) is 0. The van der Waals surface area contributed by atoms with E-state index in [9.17, 15) is 5.11 Å². The molecule has 2 saturated heterocycles. The van der Waals surface area contributed by atoms with Crippen LogP contribution in [-0.2, 0) is 18.9 Å². The van der Waals surface area contributed by atoms with Gasteiger partial charge in [-0.2, -0.15) is 0 Å². The fourth-order valence-electron chi connectivity index (χ4n) is 9.08. The van der Waals surface area contributed by atoms with Gasteiger partial charge in [-0.05, 0) is 73.0 Å². The second-order valence-corrected chi connectivity index (χ2v) is 16.4. The lowest BCUT2D eigenvalue weighted by Crippen LogP contribution is -2.55. The molecule has 0 aromatic carbocycles. The Morgan fingerprint density at radius 1 is 0.628 bits per heavy atom. The minimum absolute atomic E-state index is 0.0704. The van der Waals surface area contributed by atoms with Crippen molar-refractivity contribution < 1.29 is 29.2 Å². The molecule has 9 atom stereocenters. The Morgan fingerprint density at radius 2 is 1.12 bits per heavy atom. The van der Waals surface area contributed by atoms with Crippen LogP contribution >= 0.6 is 0 Å². The van der Waals surface area contributed by atoms with Gasteiger partial charge in [-0.3, -0.25) is 0 Å². The van der Waals surface area contributed by atoms with Crippen molar-refractivity contribution in [3.8, 4) is 0 Å². The summed E-state index contributed by atoms with van der Waals surface area (Å²) in [4.78, 5) is 0. The highest BCUT2D eigenvalue weighted by atomic mass is 16.7. The summed E-state index contributed by atoms with van der Waals surface area (Å²) < 4.78 is 23.7. The molecule has 0 radical (unpaired) electrons. The van der Waals surface area contributed by atoms with Crippen molar-refractivity contribution in [2.24, 2.45) is 59.2 Å². The highest BCUT2D eigenvalue weighted by Gasteiger charge is 2.51. The summed E-state index contributed by atoms with van der Waals surface area (Å²) in [5, 5.41) is 18.6. The molecule has 5 aliphatic rings. The summed E-state index contributed by atoms with van der Waals surface area (Å²) >= 11 is 0. The summed E-state index contributed by atoms with van der Waals surface area (Å²) in [6.45, 7) is 24.5. The average Bonchev–Trinajstić information content (AvgIpc) is 3.33. The number of ether oxygens (including phenoxy) is 4. The molecule has 6 nitrogen and oxygen atoms in total. The fourth-order valence-corrected chi connectivity index (χ4v) is 9.08. The van der Waals surface area contributed by atoms with Crippen LogP contribution < -0.4 is 0 Å². The Bertz CT molecular complexity index is 766. The van der Waals surface area contributed by atoms with Gasteiger partial charge in [0.15, 0.2) is 11.6 Å². The number of hydrogen-bond acceptors (Lipinski definition) is 6. The lowest BCUT2D eigenvalue weighted by Gasteiger charge is -2.50. The van der Waals surface area contributed by atoms with E-state index in [2.05, 4.69) is 69.2 Å². The van der Waals surface area contributed by atoms with Gasteiger partial charge in [0.1, 0.15) is 12.2 Å². The average molecular weight is 611 g/mol. The molecule has 3 aliphatic carbocycles. The molecule has 43 heavy (non-hydrogen) atoms. The van der Waals surface area contributed by atoms with E-state index in [-0.39, 0.29) is 12.7 Å². The minimum atomic E-state index is -0.448. The molecular formula is C37H70O6. The first-order chi connectivity index (χ1) is 20.2. The van der Waals surface area contributed by atoms with Crippen LogP contribution in [0.5, 0.6) is 0 Å². The molecular weight excluding hydrogens is 540 g/mol. The van der Waals surface area contributed by atoms with Crippen molar-refractivity contribution in [2.75, 3.05) is 26.4 Å². The van der Waals surface area contributed by atoms with Crippen LogP contribution in [0.4, 0.5) is 0 Å². The van der Waals surface area contributed by atoms with Gasteiger partial charge in [-0.15, -0.1) is 0 Å². The largest absolute Gasteiger partial charge is 0.394 e. The summed E-state index contributed by atoms with van der Waals surface area (Å²) in [6, 6.07) is 0. The third-order valence-corrected chi connectivity index (χ3v) is 11.4. The van der Waals surface area contributed by atoms with Gasteiger partial charge in [-0.25, -0.2) is 0 Å². The van der Waals surface area contributed by atoms with Gasteiger partial charge in [0.05, 0.1) is 26.4 Å². The predicted molar refractivity (Wildman–Crippen MR) is 174 cm³/mol. The van der Waals surface area contributed by atoms with Crippen molar-refractivity contribution in [3.63, 3.8) is 0 Å². The number of hydrogen-bond donors (Lipinski definition) is 2. The van der Waals surface area contributed by atoms with Crippen LogP contribution in [0, 0.1) is 59.2 Å². The Kier molecular flexibility index (Phi) is 14.3. The predicted octanol–water partition coefficient (Wildman–Crippen LogP) is 8.08. The SMILES string of the molecule is CC1CCC(C(C)C)C(C)C1.CC1CCC(C(C)C)C2(C1)OCC(CO)O2.CC1CCC(C(C)C)C2(C1)OCC(O)CO2. The number of rotatable bonds is 4. The molecule has 254 valence electrons. The standard InChI is InChI=1S/2C13H24O3.C11H22/c1-9(2)12-5-4-10(3)6-13(12)15-7-11(14)8-16-13;1-9(2)12-5-4-10(3)6-13(12)15-8-11(7-14)16-13;1-8(2)11-6-5-9(3)7-10(11)4/h2*9-12,14H,4-8H2,1-3H3;8-11H,5-7H2,1-4H3. The van der Waals surface area contributed by atoms with E-state index in [1.807, 2.05) is 0 Å². The van der Waals surface area contributed by atoms with Crippen molar-refractivity contribution in [1.29, 1.82) is 0 Å². The molecule has 6 heteroatoms. The lowest BCUT2D eigenvalue weighted by molar-refractivity contribution is -0.336. The van der Waals surface area contributed by atoms with Crippen molar-refractivity contribution in [3.05, 3.63) is 0 Å². The molecule has 2 N–H and O–H groups in total. The molecule has 0 amide bonds. The van der Waals surface area contributed by atoms with Crippen LogP contribution in [0.3, 0.4) is 0 Å². The second-order valence-electron chi connectivity index (χ2n) is 16.4. The number of aliphatic hydroxyl groups is 2. The lowest BCUT2D eigenvalue weighted by atomic mass is 9.71. The summed E-state index contributed by atoms with van der Waals surface area (Å²) in [7, 11) is 0. The van der Waals surface area contributed by atoms with Gasteiger partial charge in [-0.1, -0.05) is 88.5 Å². The molecule has 0 aromatic heterocycles. The Balaban J connectivity index is 0.000000180. The van der Waals surface area contributed by atoms with Crippen LogP contribution in [-0.4, -0.2) is 60.4 Å². The Labute approximate surface area is 265 Å². The summed E-state index contributed by atoms with van der Waals surface area (Å²) in [6.07, 6.45) is 10.7. The van der Waals surface area contributed by atoms with E-state index < -0.39 is 17.7 Å². The van der Waals surface area contributed by atoms with Gasteiger partial charge in [0.2, 0.25) is 0 Å². The fraction of sp³-hybridized carbons (Fsp3) is 1.00. The number of aliphatic hydroxyl groups excluding tert-OH is 2. The summed E-state index contributed by atoms with van der Waals surface area (Å²) in [5.74, 6) is 6.45. The minimum Gasteiger partial charge on any atom is -0.394 e. The smallest absolute Gasteiger partial charge is 0.172 e. The zero-order valence-corrected chi connectivity index (χ0v) is 29.6. The van der Waals surface area contributed by atoms with Crippen LogP contribution in [0.25, 0.3) is 0 Å². The first kappa shape index (κ1) is 37.2. The second kappa shape index (κ2) is 16.5. The molecule has 2 spiro atoms. The Hall–Kier alpha value is -0.240. The molecule has 0 bridgehead atoms. The highest BCUT2D eigenvalue weighted by Crippen LogP contribution is 2.48. The van der Waals surface area contributed by atoms with Crippen LogP contribution in [0.1, 0.15) is 127 Å². The molecule has 3 saturated carbocycles. The molecule has 2 aliphatic heterocycles. The first-order valence-electron chi connectivity index (χ1n) is 18.1. The molecule has 9 unspecified atom stereocenters. The van der Waals surface area contributed by atoms with Crippen LogP contribution in [0.15, 0.2) is 0 Å². The van der Waals surface area contributed by atoms with Crippen molar-refractivity contribution in [1.82, 2.24) is 0 Å². The van der Waals surface area contributed by atoms with Crippen molar-refractivity contribution in [2.45, 2.75) is 151 Å². The molecule has 5 fully saturated rings. The van der Waals surface area contributed by atoms with Gasteiger partial charge < -0.3 is 29.2 Å². The maximum Gasteiger partial charge on any atom is 0.172 e. The van der Waals surface area contributed by atoms with Crippen molar-refractivity contribution >= 4 is 0 Å². The van der Waals surface area contributed by atoms with Gasteiger partial charge in [0, 0.05) is 24.7 Å². The zero-order chi connectivity index (χ0) is 31.9. The van der Waals surface area contributed by atoms with E-state index in [0.717, 1.165) is 36.5 Å². The highest BCUT2D eigenvalue weighted by molar-refractivity contribution is 4.93. The maximum absolute atomic E-state index is 9.46. The molecule has 2 heterocycles. The van der Waals surface area contributed by atoms with E-state index in [1.165, 1.54) is 44.9 Å². The van der Waals surface area contributed by atoms with E-state index in [1.54, 1.807) is 0 Å². The normalized spacial score (nSPS) is 43.5. The van der Waals surface area contributed by atoms with Gasteiger partial charge in [0.25, 0.3) is 0 Å². The monoisotopic (exact) mass is 611 g/mol. The zero-order valence-electron chi connectivity index (χ0n) is 29.6. The molecule has 5 rings (SSSR count). The Morgan fingerprint density at radius 3 is 1.58 bits per heavy atom. The quantitative estimate of drug-likeness (QED) is 0.335. The third kappa shape index (κ3) is 9.88. The van der Waals surface area contributed by atoms with E-state index in [0.29, 0.717) is 55.3 Å².